The fourth-order valence-electron chi connectivity index (χ4n) is 3.16. The number of esters is 1. The second kappa shape index (κ2) is 6.24. The number of carbonyl (C=O) groups excluding carboxylic acids is 1. The summed E-state index contributed by atoms with van der Waals surface area (Å²) in [6, 6.07) is -0.316. The van der Waals surface area contributed by atoms with Crippen LogP contribution >= 0.6 is 0 Å². The molecule has 1 fully saturated rings. The SMILES string of the molecule is C=C1C(CO)C(OC(=O)C(C)(C)C)CC1n1cnc2c(=O)[nH]c(N)nc21. The van der Waals surface area contributed by atoms with Crippen LogP contribution in [0.1, 0.15) is 33.2 Å². The quantitative estimate of drug-likeness (QED) is 0.542. The second-order valence-corrected chi connectivity index (χ2v) is 7.58. The molecule has 3 atom stereocenters. The lowest BCUT2D eigenvalue weighted by Gasteiger charge is -2.23. The van der Waals surface area contributed by atoms with Gasteiger partial charge in [0.1, 0.15) is 6.10 Å². The molecule has 0 saturated heterocycles. The average Bonchev–Trinajstić information content (AvgIpc) is 3.07. The monoisotopic (exact) mass is 361 g/mol. The van der Waals surface area contributed by atoms with Crippen LogP contribution in [0.4, 0.5) is 5.95 Å². The predicted molar refractivity (Wildman–Crippen MR) is 95.3 cm³/mol. The van der Waals surface area contributed by atoms with E-state index in [9.17, 15) is 14.7 Å². The lowest BCUT2D eigenvalue weighted by molar-refractivity contribution is -0.160. The molecule has 2 aromatic rings. The standard InChI is InChI=1S/C17H23N5O4/c1-8-9(6-23)11(26-15(25)17(2,3)4)5-10(8)22-7-19-12-13(22)20-16(18)21-14(12)24/h7,9-11,23H,1,5-6H2,2-4H3,(H3,18,20,21,24). The van der Waals surface area contributed by atoms with E-state index < -0.39 is 23.0 Å². The number of imidazole rings is 1. The van der Waals surface area contributed by atoms with Crippen molar-refractivity contribution in [2.75, 3.05) is 12.3 Å². The Kier molecular flexibility index (Phi) is 4.35. The van der Waals surface area contributed by atoms with Crippen LogP contribution in [0.15, 0.2) is 23.3 Å². The van der Waals surface area contributed by atoms with Crippen molar-refractivity contribution in [1.82, 2.24) is 19.5 Å². The Labute approximate surface area is 149 Å². The zero-order chi connectivity index (χ0) is 19.2. The van der Waals surface area contributed by atoms with Gasteiger partial charge in [0.2, 0.25) is 5.95 Å². The van der Waals surface area contributed by atoms with Crippen LogP contribution in [0.5, 0.6) is 0 Å². The number of nitrogens with one attached hydrogen (secondary N) is 1. The molecule has 3 unspecified atom stereocenters. The fraction of sp³-hybridized carbons (Fsp3) is 0.529. The molecular formula is C17H23N5O4. The normalized spacial score (nSPS) is 23.5. The van der Waals surface area contributed by atoms with E-state index in [1.54, 1.807) is 25.3 Å². The Morgan fingerprint density at radius 2 is 2.23 bits per heavy atom. The number of aliphatic hydroxyl groups excluding tert-OH is 1. The first kappa shape index (κ1) is 18.1. The van der Waals surface area contributed by atoms with Gasteiger partial charge in [-0.3, -0.25) is 14.6 Å². The maximum atomic E-state index is 12.3. The van der Waals surface area contributed by atoms with Gasteiger partial charge < -0.3 is 20.1 Å². The minimum absolute atomic E-state index is 0.0118. The summed E-state index contributed by atoms with van der Waals surface area (Å²) < 4.78 is 7.32. The summed E-state index contributed by atoms with van der Waals surface area (Å²) in [6.45, 7) is 9.19. The number of H-pyrrole nitrogens is 1. The van der Waals surface area contributed by atoms with Crippen LogP contribution < -0.4 is 11.3 Å². The van der Waals surface area contributed by atoms with Gasteiger partial charge in [0, 0.05) is 12.3 Å². The van der Waals surface area contributed by atoms with E-state index in [2.05, 4.69) is 21.5 Å². The van der Waals surface area contributed by atoms with Gasteiger partial charge in [-0.15, -0.1) is 0 Å². The summed E-state index contributed by atoms with van der Waals surface area (Å²) in [7, 11) is 0. The molecular weight excluding hydrogens is 338 g/mol. The number of nitrogen functional groups attached to an aromatic ring is 1. The van der Waals surface area contributed by atoms with Crippen LogP contribution in [0, 0.1) is 11.3 Å². The van der Waals surface area contributed by atoms with Crippen molar-refractivity contribution in [3.63, 3.8) is 0 Å². The number of aromatic nitrogens is 4. The summed E-state index contributed by atoms with van der Waals surface area (Å²) in [6.07, 6.45) is 1.39. The first-order valence-electron chi connectivity index (χ1n) is 8.36. The number of rotatable bonds is 3. The van der Waals surface area contributed by atoms with E-state index in [1.807, 2.05) is 0 Å². The molecule has 9 nitrogen and oxygen atoms in total. The highest BCUT2D eigenvalue weighted by Gasteiger charge is 2.42. The van der Waals surface area contributed by atoms with Crippen LogP contribution in [-0.4, -0.2) is 43.3 Å². The van der Waals surface area contributed by atoms with Gasteiger partial charge in [-0.25, -0.2) is 4.98 Å². The van der Waals surface area contributed by atoms with E-state index in [-0.39, 0.29) is 30.1 Å². The Hall–Kier alpha value is -2.68. The Bertz CT molecular complexity index is 923. The summed E-state index contributed by atoms with van der Waals surface area (Å²) in [4.78, 5) is 34.9. The van der Waals surface area contributed by atoms with Gasteiger partial charge in [-0.2, -0.15) is 4.98 Å². The third kappa shape index (κ3) is 2.98. The molecule has 0 radical (unpaired) electrons. The molecule has 0 spiro atoms. The molecule has 9 heteroatoms. The smallest absolute Gasteiger partial charge is 0.311 e. The number of hydrogen-bond acceptors (Lipinski definition) is 7. The van der Waals surface area contributed by atoms with E-state index in [4.69, 9.17) is 10.5 Å². The lowest BCUT2D eigenvalue weighted by atomic mass is 9.96. The first-order valence-corrected chi connectivity index (χ1v) is 8.36. The zero-order valence-corrected chi connectivity index (χ0v) is 15.0. The number of fused-ring (bicyclic) bond motifs is 1. The Balaban J connectivity index is 1.96. The summed E-state index contributed by atoms with van der Waals surface area (Å²) in [5.41, 5.74) is 5.76. The van der Waals surface area contributed by atoms with Crippen molar-refractivity contribution in [3.8, 4) is 0 Å². The van der Waals surface area contributed by atoms with E-state index >= 15 is 0 Å². The molecule has 1 aliphatic rings. The molecule has 140 valence electrons. The van der Waals surface area contributed by atoms with Crippen molar-refractivity contribution in [2.24, 2.45) is 11.3 Å². The highest BCUT2D eigenvalue weighted by Crippen LogP contribution is 2.42. The van der Waals surface area contributed by atoms with Crippen molar-refractivity contribution in [2.45, 2.75) is 39.3 Å². The maximum Gasteiger partial charge on any atom is 0.311 e. The summed E-state index contributed by atoms with van der Waals surface area (Å²) in [5.74, 6) is -0.755. The predicted octanol–water partition coefficient (Wildman–Crippen LogP) is 0.769. The van der Waals surface area contributed by atoms with E-state index in [0.29, 0.717) is 17.6 Å². The minimum atomic E-state index is -0.648. The molecule has 0 bridgehead atoms. The average molecular weight is 361 g/mol. The third-order valence-corrected chi connectivity index (χ3v) is 4.66. The largest absolute Gasteiger partial charge is 0.461 e. The number of hydrogen-bond donors (Lipinski definition) is 3. The fourth-order valence-corrected chi connectivity index (χ4v) is 3.16. The van der Waals surface area contributed by atoms with Gasteiger partial charge in [0.05, 0.1) is 24.4 Å². The maximum absolute atomic E-state index is 12.3. The number of aliphatic hydroxyl groups is 1. The Morgan fingerprint density at radius 1 is 1.54 bits per heavy atom. The molecule has 0 aliphatic heterocycles. The second-order valence-electron chi connectivity index (χ2n) is 7.58. The van der Waals surface area contributed by atoms with Crippen LogP contribution in [0.25, 0.3) is 11.2 Å². The van der Waals surface area contributed by atoms with Crippen molar-refractivity contribution in [3.05, 3.63) is 28.8 Å². The van der Waals surface area contributed by atoms with Crippen molar-refractivity contribution in [1.29, 1.82) is 0 Å². The zero-order valence-electron chi connectivity index (χ0n) is 15.0. The summed E-state index contributed by atoms with van der Waals surface area (Å²) >= 11 is 0. The van der Waals surface area contributed by atoms with Gasteiger partial charge in [0.15, 0.2) is 11.2 Å². The Morgan fingerprint density at radius 3 is 2.85 bits per heavy atom. The number of ether oxygens (including phenoxy) is 1. The number of carbonyl (C=O) groups is 1. The molecule has 0 aromatic carbocycles. The number of aromatic amines is 1. The van der Waals surface area contributed by atoms with E-state index in [0.717, 1.165) is 0 Å². The summed E-state index contributed by atoms with van der Waals surface area (Å²) in [5, 5.41) is 9.77. The van der Waals surface area contributed by atoms with Crippen LogP contribution in [-0.2, 0) is 9.53 Å². The molecule has 26 heavy (non-hydrogen) atoms. The van der Waals surface area contributed by atoms with Crippen molar-refractivity contribution < 1.29 is 14.6 Å². The van der Waals surface area contributed by atoms with Gasteiger partial charge in [-0.1, -0.05) is 6.58 Å². The molecule has 0 amide bonds. The topological polar surface area (TPSA) is 136 Å². The minimum Gasteiger partial charge on any atom is -0.461 e. The lowest BCUT2D eigenvalue weighted by Crippen LogP contribution is -2.31. The number of nitrogens with zero attached hydrogens (tertiary/aromatic N) is 3. The molecule has 3 rings (SSSR count). The van der Waals surface area contributed by atoms with Gasteiger partial charge >= 0.3 is 5.97 Å². The van der Waals surface area contributed by atoms with Crippen LogP contribution in [0.2, 0.25) is 0 Å². The molecule has 1 aliphatic carbocycles. The van der Waals surface area contributed by atoms with E-state index in [1.165, 1.54) is 6.33 Å². The molecule has 2 aromatic heterocycles. The van der Waals surface area contributed by atoms with Crippen molar-refractivity contribution >= 4 is 23.1 Å². The third-order valence-electron chi connectivity index (χ3n) is 4.66. The van der Waals surface area contributed by atoms with Gasteiger partial charge in [0.25, 0.3) is 5.56 Å². The first-order chi connectivity index (χ1) is 12.1. The highest BCUT2D eigenvalue weighted by atomic mass is 16.5. The molecule has 2 heterocycles. The van der Waals surface area contributed by atoms with Crippen LogP contribution in [0.3, 0.4) is 0 Å². The molecule has 4 N–H and O–H groups in total. The highest BCUT2D eigenvalue weighted by molar-refractivity contribution is 5.75. The van der Waals surface area contributed by atoms with Gasteiger partial charge in [-0.05, 0) is 26.3 Å². The number of anilines is 1. The number of nitrogens with two attached hydrogens (primary N) is 1. The molecule has 1 saturated carbocycles.